The number of carbonyl (C=O) groups excluding carboxylic acids is 1. The van der Waals surface area contributed by atoms with Crippen LogP contribution in [0, 0.1) is 20.8 Å². The molecule has 0 aliphatic heterocycles. The van der Waals surface area contributed by atoms with Gasteiger partial charge >= 0.3 is 0 Å². The third kappa shape index (κ3) is 3.46. The van der Waals surface area contributed by atoms with Crippen LogP contribution >= 0.6 is 0 Å². The first kappa shape index (κ1) is 16.2. The Labute approximate surface area is 142 Å². The van der Waals surface area contributed by atoms with Crippen molar-refractivity contribution >= 4 is 16.8 Å². The minimum atomic E-state index is -0.0357. The second-order valence-corrected chi connectivity index (χ2v) is 6.28. The maximum absolute atomic E-state index is 12.7. The van der Waals surface area contributed by atoms with E-state index in [4.69, 9.17) is 0 Å². The molecule has 0 atom stereocenters. The van der Waals surface area contributed by atoms with E-state index in [1.165, 1.54) is 5.56 Å². The van der Waals surface area contributed by atoms with Gasteiger partial charge in [0.2, 0.25) is 0 Å². The average Bonchev–Trinajstić information content (AvgIpc) is 2.56. The van der Waals surface area contributed by atoms with Crippen molar-refractivity contribution in [3.05, 3.63) is 76.5 Å². The molecule has 1 heterocycles. The van der Waals surface area contributed by atoms with Crippen LogP contribution in [0.3, 0.4) is 0 Å². The zero-order valence-electron chi connectivity index (χ0n) is 14.4. The summed E-state index contributed by atoms with van der Waals surface area (Å²) in [5.74, 6) is -0.0357. The van der Waals surface area contributed by atoms with E-state index in [2.05, 4.69) is 28.5 Å². The average molecular weight is 318 g/mol. The third-order valence-electron chi connectivity index (χ3n) is 4.16. The molecule has 3 rings (SSSR count). The normalized spacial score (nSPS) is 10.8. The molecule has 2 aromatic carbocycles. The third-order valence-corrected chi connectivity index (χ3v) is 4.16. The summed E-state index contributed by atoms with van der Waals surface area (Å²) in [6.45, 7) is 6.64. The van der Waals surface area contributed by atoms with Crippen LogP contribution in [0.5, 0.6) is 0 Å². The molecule has 0 radical (unpaired) electrons. The molecular formula is C21H22N2O. The summed E-state index contributed by atoms with van der Waals surface area (Å²) in [5, 5.41) is 3.97. The van der Waals surface area contributed by atoms with Gasteiger partial charge in [-0.1, -0.05) is 42.0 Å². The second kappa shape index (κ2) is 6.83. The monoisotopic (exact) mass is 318 g/mol. The number of amides is 1. The van der Waals surface area contributed by atoms with Gasteiger partial charge in [-0.05, 0) is 50.5 Å². The Morgan fingerprint density at radius 1 is 1.04 bits per heavy atom. The summed E-state index contributed by atoms with van der Waals surface area (Å²) >= 11 is 0. The summed E-state index contributed by atoms with van der Waals surface area (Å²) in [5.41, 5.74) is 5.95. The van der Waals surface area contributed by atoms with Crippen LogP contribution in [-0.2, 0) is 6.42 Å². The standard InChI is InChI=1S/C21H22N2O/c1-14-11-15(2)20-18(12-14)19(13-16(3)23-20)21(24)22-10-9-17-7-5-4-6-8-17/h4-8,11-13H,9-10H2,1-3H3,(H,22,24). The fourth-order valence-electron chi connectivity index (χ4n) is 3.06. The van der Waals surface area contributed by atoms with Crippen molar-refractivity contribution < 1.29 is 4.79 Å². The highest BCUT2D eigenvalue weighted by Crippen LogP contribution is 2.23. The maximum atomic E-state index is 12.7. The van der Waals surface area contributed by atoms with Gasteiger partial charge in [0.05, 0.1) is 11.1 Å². The number of hydrogen-bond acceptors (Lipinski definition) is 2. The number of benzene rings is 2. The first-order chi connectivity index (χ1) is 11.5. The lowest BCUT2D eigenvalue weighted by atomic mass is 10.0. The Balaban J connectivity index is 1.84. The summed E-state index contributed by atoms with van der Waals surface area (Å²) in [6.07, 6.45) is 0.826. The Kier molecular flexibility index (Phi) is 4.61. The quantitative estimate of drug-likeness (QED) is 0.786. The van der Waals surface area contributed by atoms with Crippen molar-refractivity contribution in [2.45, 2.75) is 27.2 Å². The number of rotatable bonds is 4. The summed E-state index contributed by atoms with van der Waals surface area (Å²) in [6, 6.07) is 16.2. The lowest BCUT2D eigenvalue weighted by Gasteiger charge is -2.11. The van der Waals surface area contributed by atoms with Gasteiger partial charge in [-0.25, -0.2) is 0 Å². The lowest BCUT2D eigenvalue weighted by Crippen LogP contribution is -2.26. The van der Waals surface area contributed by atoms with Gasteiger partial charge in [-0.15, -0.1) is 0 Å². The van der Waals surface area contributed by atoms with Crippen LogP contribution in [0.2, 0.25) is 0 Å². The molecule has 24 heavy (non-hydrogen) atoms. The van der Waals surface area contributed by atoms with E-state index >= 15 is 0 Å². The van der Waals surface area contributed by atoms with E-state index in [0.717, 1.165) is 34.1 Å². The molecule has 0 spiro atoms. The van der Waals surface area contributed by atoms with E-state index in [1.807, 2.05) is 51.1 Å². The van der Waals surface area contributed by atoms with Crippen molar-refractivity contribution in [2.75, 3.05) is 6.54 Å². The molecule has 1 N–H and O–H groups in total. The number of fused-ring (bicyclic) bond motifs is 1. The summed E-state index contributed by atoms with van der Waals surface area (Å²) in [4.78, 5) is 17.3. The van der Waals surface area contributed by atoms with Crippen molar-refractivity contribution in [1.29, 1.82) is 0 Å². The maximum Gasteiger partial charge on any atom is 0.252 e. The Morgan fingerprint density at radius 3 is 2.54 bits per heavy atom. The van der Waals surface area contributed by atoms with Crippen molar-refractivity contribution in [3.63, 3.8) is 0 Å². The van der Waals surface area contributed by atoms with Crippen LogP contribution in [0.15, 0.2) is 48.5 Å². The Morgan fingerprint density at radius 2 is 1.79 bits per heavy atom. The van der Waals surface area contributed by atoms with Gasteiger partial charge in [-0.3, -0.25) is 9.78 Å². The van der Waals surface area contributed by atoms with Crippen molar-refractivity contribution in [1.82, 2.24) is 10.3 Å². The minimum Gasteiger partial charge on any atom is -0.352 e. The van der Waals surface area contributed by atoms with Crippen LogP contribution in [-0.4, -0.2) is 17.4 Å². The molecule has 122 valence electrons. The summed E-state index contributed by atoms with van der Waals surface area (Å²) in [7, 11) is 0. The smallest absolute Gasteiger partial charge is 0.252 e. The SMILES string of the molecule is Cc1cc(C)c2nc(C)cc(C(=O)NCCc3ccccc3)c2c1. The predicted molar refractivity (Wildman–Crippen MR) is 98.4 cm³/mol. The molecule has 0 saturated heterocycles. The molecule has 0 aliphatic carbocycles. The first-order valence-corrected chi connectivity index (χ1v) is 8.25. The van der Waals surface area contributed by atoms with E-state index < -0.39 is 0 Å². The number of nitrogens with zero attached hydrogens (tertiary/aromatic N) is 1. The summed E-state index contributed by atoms with van der Waals surface area (Å²) < 4.78 is 0. The van der Waals surface area contributed by atoms with E-state index in [9.17, 15) is 4.79 Å². The van der Waals surface area contributed by atoms with Gasteiger partial charge in [-0.2, -0.15) is 0 Å². The van der Waals surface area contributed by atoms with Crippen LogP contribution in [0.1, 0.15) is 32.7 Å². The molecule has 0 saturated carbocycles. The van der Waals surface area contributed by atoms with Crippen LogP contribution in [0.4, 0.5) is 0 Å². The molecule has 3 aromatic rings. The minimum absolute atomic E-state index is 0.0357. The lowest BCUT2D eigenvalue weighted by molar-refractivity contribution is 0.0955. The number of nitrogens with one attached hydrogen (secondary N) is 1. The first-order valence-electron chi connectivity index (χ1n) is 8.25. The van der Waals surface area contributed by atoms with E-state index in [-0.39, 0.29) is 5.91 Å². The molecule has 1 aromatic heterocycles. The fourth-order valence-corrected chi connectivity index (χ4v) is 3.06. The molecule has 0 bridgehead atoms. The molecule has 0 aliphatic rings. The van der Waals surface area contributed by atoms with Gasteiger partial charge in [0, 0.05) is 17.6 Å². The van der Waals surface area contributed by atoms with Crippen LogP contribution < -0.4 is 5.32 Å². The van der Waals surface area contributed by atoms with Gasteiger partial charge in [0.25, 0.3) is 5.91 Å². The van der Waals surface area contributed by atoms with E-state index in [0.29, 0.717) is 12.1 Å². The van der Waals surface area contributed by atoms with Gasteiger partial charge in [0.1, 0.15) is 0 Å². The predicted octanol–water partition coefficient (Wildman–Crippen LogP) is 4.13. The van der Waals surface area contributed by atoms with Crippen molar-refractivity contribution in [2.24, 2.45) is 0 Å². The highest BCUT2D eigenvalue weighted by molar-refractivity contribution is 6.07. The molecule has 3 nitrogen and oxygen atoms in total. The van der Waals surface area contributed by atoms with Crippen molar-refractivity contribution in [3.8, 4) is 0 Å². The number of aryl methyl sites for hydroxylation is 3. The topological polar surface area (TPSA) is 42.0 Å². The highest BCUT2D eigenvalue weighted by atomic mass is 16.1. The van der Waals surface area contributed by atoms with E-state index in [1.54, 1.807) is 0 Å². The zero-order valence-corrected chi connectivity index (χ0v) is 14.4. The number of pyridine rings is 1. The van der Waals surface area contributed by atoms with Crippen LogP contribution in [0.25, 0.3) is 10.9 Å². The largest absolute Gasteiger partial charge is 0.352 e. The number of hydrogen-bond donors (Lipinski definition) is 1. The molecular weight excluding hydrogens is 296 g/mol. The number of aromatic nitrogens is 1. The highest BCUT2D eigenvalue weighted by Gasteiger charge is 2.13. The fraction of sp³-hybridized carbons (Fsp3) is 0.238. The Bertz CT molecular complexity index is 885. The molecule has 0 unspecified atom stereocenters. The Hall–Kier alpha value is -2.68. The second-order valence-electron chi connectivity index (χ2n) is 6.28. The van der Waals surface area contributed by atoms with Gasteiger partial charge < -0.3 is 5.32 Å². The molecule has 0 fully saturated rings. The molecule has 3 heteroatoms. The molecule has 1 amide bonds. The number of carbonyl (C=O) groups is 1. The van der Waals surface area contributed by atoms with Gasteiger partial charge in [0.15, 0.2) is 0 Å². The zero-order chi connectivity index (χ0) is 17.1.